The van der Waals surface area contributed by atoms with Gasteiger partial charge in [-0.25, -0.2) is 10.3 Å². The molecule has 5 rings (SSSR count). The van der Waals surface area contributed by atoms with E-state index in [4.69, 9.17) is 19.5 Å². The molecule has 4 N–H and O–H groups in total. The van der Waals surface area contributed by atoms with Gasteiger partial charge < -0.3 is 19.4 Å². The third-order valence-electron chi connectivity index (χ3n) is 9.95. The molecule has 2 aromatic rings. The highest BCUT2D eigenvalue weighted by Gasteiger charge is 2.44. The molecule has 0 radical (unpaired) electrons. The van der Waals surface area contributed by atoms with Crippen LogP contribution in [0, 0.1) is 25.7 Å². The molecule has 244 valence electrons. The van der Waals surface area contributed by atoms with E-state index in [-0.39, 0.29) is 29.9 Å². The van der Waals surface area contributed by atoms with Gasteiger partial charge in [0, 0.05) is 65.3 Å². The number of aromatic amines is 2. The summed E-state index contributed by atoms with van der Waals surface area (Å²) < 4.78 is 10.6. The molecule has 0 saturated carbocycles. The minimum absolute atomic E-state index is 0.00352. The van der Waals surface area contributed by atoms with Crippen LogP contribution in [0.15, 0.2) is 33.4 Å². The summed E-state index contributed by atoms with van der Waals surface area (Å²) in [5.74, 6) is -3.40. The number of hydrogen-bond donors (Lipinski definition) is 4. The van der Waals surface area contributed by atoms with Gasteiger partial charge in [-0.2, -0.15) is 0 Å². The Labute approximate surface area is 268 Å². The first-order valence-corrected chi connectivity index (χ1v) is 15.7. The van der Waals surface area contributed by atoms with Crippen molar-refractivity contribution in [2.75, 3.05) is 14.2 Å². The molecule has 2 aromatic heterocycles. The van der Waals surface area contributed by atoms with Gasteiger partial charge in [-0.05, 0) is 67.5 Å². The van der Waals surface area contributed by atoms with Crippen molar-refractivity contribution in [3.05, 3.63) is 68.5 Å². The number of aliphatic imine (C=N–C) groups is 2. The van der Waals surface area contributed by atoms with Crippen LogP contribution in [-0.2, 0) is 31.9 Å². The van der Waals surface area contributed by atoms with E-state index >= 15 is 0 Å². The number of rotatable bonds is 7. The van der Waals surface area contributed by atoms with E-state index in [1.165, 1.54) is 25.4 Å². The lowest BCUT2D eigenvalue weighted by Gasteiger charge is -2.23. The lowest BCUT2D eigenvalue weighted by atomic mass is 9.80. The monoisotopic (exact) mass is 629 g/mol. The Balaban J connectivity index is 1.81. The van der Waals surface area contributed by atoms with Gasteiger partial charge in [0.05, 0.1) is 31.5 Å². The zero-order valence-corrected chi connectivity index (χ0v) is 27.6. The number of hydroxylamine groups is 1. The molecule has 8 bridgehead atoms. The van der Waals surface area contributed by atoms with Gasteiger partial charge >= 0.3 is 11.9 Å². The zero-order chi connectivity index (χ0) is 33.4. The van der Waals surface area contributed by atoms with Crippen LogP contribution in [0.5, 0.6) is 0 Å². The third kappa shape index (κ3) is 5.57. The molecule has 0 fully saturated rings. The smallest absolute Gasteiger partial charge is 0.340 e. The molecule has 4 atom stereocenters. The summed E-state index contributed by atoms with van der Waals surface area (Å²) in [6.07, 6.45) is 6.05. The summed E-state index contributed by atoms with van der Waals surface area (Å²) in [4.78, 5) is 56.6. The number of nitrogens with one attached hydrogen (secondary N) is 3. The number of carbonyl (C=O) groups is 3. The van der Waals surface area contributed by atoms with Crippen LogP contribution in [0.2, 0.25) is 0 Å². The zero-order valence-electron chi connectivity index (χ0n) is 27.6. The predicted octanol–water partition coefficient (Wildman–Crippen LogP) is 5.33. The fraction of sp³-hybridized carbons (Fsp3) is 0.457. The standard InChI is InChI=1S/C35H43N5O6/c1-9-20-16(3)23-13-25-18(5)22(11-12-29(41)40-44)32(38-25)31(35(43)46-8)33-30(34(42)45-7)19(6)26(39-33)15-28-21(10-2)17(4)24(37-28)14-27(20)36-23/h9,13,18,22,24,31,36,39,44H,1,10-12,14-15H2,2-8H3,(H,40,41)/t18-,22-,24?,31?/m0/s1. The van der Waals surface area contributed by atoms with Crippen molar-refractivity contribution in [3.63, 3.8) is 0 Å². The molecule has 0 aliphatic carbocycles. The number of aromatic nitrogens is 2. The van der Waals surface area contributed by atoms with Crippen molar-refractivity contribution >= 4 is 41.4 Å². The maximum absolute atomic E-state index is 13.8. The molecule has 46 heavy (non-hydrogen) atoms. The van der Waals surface area contributed by atoms with Gasteiger partial charge in [0.2, 0.25) is 5.91 Å². The number of ether oxygens (including phenoxy) is 2. The molecule has 0 saturated heterocycles. The third-order valence-corrected chi connectivity index (χ3v) is 9.95. The highest BCUT2D eigenvalue weighted by Crippen LogP contribution is 2.42. The van der Waals surface area contributed by atoms with Crippen LogP contribution in [-0.4, -0.2) is 64.7 Å². The second kappa shape index (κ2) is 13.1. The molecule has 3 aliphatic heterocycles. The van der Waals surface area contributed by atoms with Crippen molar-refractivity contribution in [3.8, 4) is 0 Å². The molecule has 0 aromatic carbocycles. The number of methoxy groups -OCH3 is 2. The summed E-state index contributed by atoms with van der Waals surface area (Å²) in [6, 6.07) is -0.0650. The lowest BCUT2D eigenvalue weighted by molar-refractivity contribution is -0.140. The molecule has 3 aliphatic rings. The second-order valence-electron chi connectivity index (χ2n) is 12.3. The van der Waals surface area contributed by atoms with Gasteiger partial charge in [0.1, 0.15) is 5.92 Å². The number of hydrogen-bond acceptors (Lipinski definition) is 8. The first-order chi connectivity index (χ1) is 22.0. The quantitative estimate of drug-likeness (QED) is 0.184. The predicted molar refractivity (Wildman–Crippen MR) is 176 cm³/mol. The van der Waals surface area contributed by atoms with E-state index in [1.54, 1.807) is 5.48 Å². The number of amides is 1. The van der Waals surface area contributed by atoms with Crippen LogP contribution >= 0.6 is 0 Å². The van der Waals surface area contributed by atoms with Gasteiger partial charge in [-0.1, -0.05) is 26.5 Å². The van der Waals surface area contributed by atoms with Crippen molar-refractivity contribution < 1.29 is 29.1 Å². The number of H-pyrrole nitrogens is 2. The maximum atomic E-state index is 13.8. The van der Waals surface area contributed by atoms with Crippen molar-refractivity contribution in [2.45, 2.75) is 78.7 Å². The van der Waals surface area contributed by atoms with E-state index in [0.29, 0.717) is 41.9 Å². The Kier molecular flexibility index (Phi) is 9.34. The van der Waals surface area contributed by atoms with Crippen molar-refractivity contribution in [1.82, 2.24) is 15.4 Å². The molecule has 11 heteroatoms. The number of nitrogens with zero attached hydrogens (tertiary/aromatic N) is 2. The summed E-state index contributed by atoms with van der Waals surface area (Å²) in [5.41, 5.74) is 12.2. The number of allylic oxidation sites excluding steroid dienone is 2. The fourth-order valence-corrected chi connectivity index (χ4v) is 7.32. The Morgan fingerprint density at radius 2 is 1.87 bits per heavy atom. The van der Waals surface area contributed by atoms with E-state index in [0.717, 1.165) is 40.3 Å². The van der Waals surface area contributed by atoms with E-state index < -0.39 is 23.8 Å². The van der Waals surface area contributed by atoms with Crippen LogP contribution in [0.3, 0.4) is 0 Å². The Hall–Kier alpha value is -4.51. The highest BCUT2D eigenvalue weighted by molar-refractivity contribution is 6.12. The summed E-state index contributed by atoms with van der Waals surface area (Å²) in [5, 5.41) is 9.22. The average Bonchev–Trinajstić information content (AvgIpc) is 3.72. The SMILES string of the molecule is C=Cc1c2[nH]c(c1C)C=C1N=C(C(C(=O)OC)c3[nH]c(c(C)c3C(=O)OC)CC3=NC(C2)C(C)=C3CC)[C@@H](CCC(=O)NO)[C@@H]1C. The van der Waals surface area contributed by atoms with Gasteiger partial charge in [-0.3, -0.25) is 24.8 Å². The lowest BCUT2D eigenvalue weighted by Crippen LogP contribution is -2.32. The molecular formula is C35H43N5O6. The molecule has 5 heterocycles. The molecular weight excluding hydrogens is 586 g/mol. The van der Waals surface area contributed by atoms with Crippen LogP contribution in [0.25, 0.3) is 12.2 Å². The van der Waals surface area contributed by atoms with Crippen molar-refractivity contribution in [2.24, 2.45) is 21.8 Å². The second-order valence-corrected chi connectivity index (χ2v) is 12.3. The first-order valence-electron chi connectivity index (χ1n) is 15.7. The summed E-state index contributed by atoms with van der Waals surface area (Å²) >= 11 is 0. The van der Waals surface area contributed by atoms with Gasteiger partial charge in [0.15, 0.2) is 0 Å². The number of carbonyl (C=O) groups excluding carboxylic acids is 3. The summed E-state index contributed by atoms with van der Waals surface area (Å²) in [6.45, 7) is 14.2. The minimum atomic E-state index is -1.08. The van der Waals surface area contributed by atoms with Crippen LogP contribution < -0.4 is 5.48 Å². The van der Waals surface area contributed by atoms with E-state index in [2.05, 4.69) is 30.4 Å². The molecule has 11 nitrogen and oxygen atoms in total. The topological polar surface area (TPSA) is 158 Å². The largest absolute Gasteiger partial charge is 0.468 e. The summed E-state index contributed by atoms with van der Waals surface area (Å²) in [7, 11) is 2.61. The number of esters is 2. The molecule has 2 unspecified atom stereocenters. The van der Waals surface area contributed by atoms with Crippen LogP contribution in [0.4, 0.5) is 0 Å². The average molecular weight is 630 g/mol. The maximum Gasteiger partial charge on any atom is 0.340 e. The Bertz CT molecular complexity index is 1730. The van der Waals surface area contributed by atoms with E-state index in [9.17, 15) is 19.6 Å². The van der Waals surface area contributed by atoms with Crippen molar-refractivity contribution in [1.29, 1.82) is 0 Å². The Morgan fingerprint density at radius 3 is 2.50 bits per heavy atom. The molecule has 1 amide bonds. The fourth-order valence-electron chi connectivity index (χ4n) is 7.32. The van der Waals surface area contributed by atoms with Gasteiger partial charge in [-0.15, -0.1) is 0 Å². The van der Waals surface area contributed by atoms with E-state index in [1.807, 2.05) is 32.9 Å². The highest BCUT2D eigenvalue weighted by atomic mass is 16.5. The van der Waals surface area contributed by atoms with Crippen LogP contribution in [0.1, 0.15) is 95.8 Å². The molecule has 0 spiro atoms. The minimum Gasteiger partial charge on any atom is -0.468 e. The Morgan fingerprint density at radius 1 is 1.13 bits per heavy atom. The first kappa shape index (κ1) is 32.9. The number of fused-ring (bicyclic) bond motifs is 6. The normalized spacial score (nSPS) is 22.2. The van der Waals surface area contributed by atoms with Gasteiger partial charge in [0.25, 0.3) is 0 Å².